The molecular formula is C16H16N2O6. The second kappa shape index (κ2) is 6.81. The molecule has 0 bridgehead atoms. The maximum atomic E-state index is 12.2. The first kappa shape index (κ1) is 16.2. The van der Waals surface area contributed by atoms with E-state index in [4.69, 9.17) is 14.2 Å². The van der Waals surface area contributed by atoms with Crippen LogP contribution in [0, 0.1) is 0 Å². The number of rotatable bonds is 4. The molecule has 1 saturated heterocycles. The lowest BCUT2D eigenvalue weighted by atomic mass is 10.2. The van der Waals surface area contributed by atoms with Gasteiger partial charge in [-0.3, -0.25) is 4.57 Å². The van der Waals surface area contributed by atoms with E-state index < -0.39 is 30.1 Å². The molecule has 1 aromatic heterocycles. The van der Waals surface area contributed by atoms with Crippen molar-refractivity contribution in [3.63, 3.8) is 0 Å². The standard InChI is InChI=1S/C16H16N2O6/c1-22-12-7-8-18(16(21)17-12)14-13(11(19)9-23-14)24-15(20)10-5-3-2-4-6-10/h2-8,11,13-14,19H,9H2,1H3/t11-,13+,14+/m0/s1. The third kappa shape index (κ3) is 3.15. The van der Waals surface area contributed by atoms with Gasteiger partial charge in [0.15, 0.2) is 12.3 Å². The van der Waals surface area contributed by atoms with Crippen LogP contribution in [0.25, 0.3) is 0 Å². The predicted octanol–water partition coefficient (Wildman–Crippen LogP) is 0.367. The Morgan fingerprint density at radius 1 is 1.33 bits per heavy atom. The molecule has 2 aromatic rings. The minimum absolute atomic E-state index is 0.0597. The third-order valence-corrected chi connectivity index (χ3v) is 3.64. The molecule has 1 fully saturated rings. The molecule has 126 valence electrons. The van der Waals surface area contributed by atoms with E-state index in [2.05, 4.69) is 4.98 Å². The average Bonchev–Trinajstić information content (AvgIpc) is 2.96. The first-order valence-electron chi connectivity index (χ1n) is 7.29. The topological polar surface area (TPSA) is 99.9 Å². The Morgan fingerprint density at radius 3 is 2.75 bits per heavy atom. The summed E-state index contributed by atoms with van der Waals surface area (Å²) in [6.45, 7) is -0.0597. The summed E-state index contributed by atoms with van der Waals surface area (Å²) in [4.78, 5) is 28.0. The summed E-state index contributed by atoms with van der Waals surface area (Å²) < 4.78 is 16.8. The Kier molecular flexibility index (Phi) is 4.59. The van der Waals surface area contributed by atoms with Crippen LogP contribution >= 0.6 is 0 Å². The van der Waals surface area contributed by atoms with Crippen molar-refractivity contribution in [1.29, 1.82) is 0 Å². The first-order valence-corrected chi connectivity index (χ1v) is 7.29. The van der Waals surface area contributed by atoms with E-state index in [1.165, 1.54) is 19.4 Å². The fourth-order valence-corrected chi connectivity index (χ4v) is 2.42. The van der Waals surface area contributed by atoms with Gasteiger partial charge < -0.3 is 19.3 Å². The van der Waals surface area contributed by atoms with E-state index in [0.29, 0.717) is 5.56 Å². The van der Waals surface area contributed by atoms with E-state index in [1.807, 2.05) is 0 Å². The molecule has 2 heterocycles. The van der Waals surface area contributed by atoms with Crippen LogP contribution in [0.4, 0.5) is 0 Å². The van der Waals surface area contributed by atoms with Crippen molar-refractivity contribution in [2.24, 2.45) is 0 Å². The van der Waals surface area contributed by atoms with Gasteiger partial charge in [-0.15, -0.1) is 0 Å². The SMILES string of the molecule is COc1ccn([C@@H]2OC[C@H](O)[C@H]2OC(=O)c2ccccc2)c(=O)n1. The highest BCUT2D eigenvalue weighted by atomic mass is 16.6. The molecule has 0 saturated carbocycles. The maximum absolute atomic E-state index is 12.2. The number of hydrogen-bond acceptors (Lipinski definition) is 7. The molecule has 1 aromatic carbocycles. The molecular weight excluding hydrogens is 316 g/mol. The smallest absolute Gasteiger partial charge is 0.353 e. The maximum Gasteiger partial charge on any atom is 0.353 e. The van der Waals surface area contributed by atoms with Gasteiger partial charge in [0.25, 0.3) is 0 Å². The van der Waals surface area contributed by atoms with Crippen LogP contribution in [-0.4, -0.2) is 46.6 Å². The largest absolute Gasteiger partial charge is 0.481 e. The van der Waals surface area contributed by atoms with E-state index in [9.17, 15) is 14.7 Å². The van der Waals surface area contributed by atoms with Crippen LogP contribution < -0.4 is 10.4 Å². The predicted molar refractivity (Wildman–Crippen MR) is 81.7 cm³/mol. The monoisotopic (exact) mass is 332 g/mol. The van der Waals surface area contributed by atoms with Crippen molar-refractivity contribution in [1.82, 2.24) is 9.55 Å². The summed E-state index contributed by atoms with van der Waals surface area (Å²) >= 11 is 0. The molecule has 3 rings (SSSR count). The molecule has 1 aliphatic rings. The fourth-order valence-electron chi connectivity index (χ4n) is 2.42. The number of hydrogen-bond donors (Lipinski definition) is 1. The van der Waals surface area contributed by atoms with E-state index in [0.717, 1.165) is 4.57 Å². The van der Waals surface area contributed by atoms with Crippen LogP contribution in [0.1, 0.15) is 16.6 Å². The van der Waals surface area contributed by atoms with E-state index in [-0.39, 0.29) is 12.5 Å². The number of carbonyl (C=O) groups excluding carboxylic acids is 1. The van der Waals surface area contributed by atoms with Gasteiger partial charge in [0.2, 0.25) is 5.88 Å². The molecule has 8 heteroatoms. The Labute approximate surface area is 137 Å². The Hall–Kier alpha value is -2.71. The van der Waals surface area contributed by atoms with Crippen molar-refractivity contribution < 1.29 is 24.1 Å². The molecule has 3 atom stereocenters. The van der Waals surface area contributed by atoms with Crippen molar-refractivity contribution in [2.45, 2.75) is 18.4 Å². The van der Waals surface area contributed by atoms with Crippen molar-refractivity contribution in [3.05, 3.63) is 58.6 Å². The van der Waals surface area contributed by atoms with Crippen molar-refractivity contribution in [3.8, 4) is 5.88 Å². The Morgan fingerprint density at radius 2 is 2.08 bits per heavy atom. The van der Waals surface area contributed by atoms with E-state index in [1.54, 1.807) is 30.3 Å². The number of benzene rings is 1. The number of nitrogens with zero attached hydrogens (tertiary/aromatic N) is 2. The molecule has 1 N–H and O–H groups in total. The lowest BCUT2D eigenvalue weighted by Crippen LogP contribution is -2.38. The van der Waals surface area contributed by atoms with Gasteiger partial charge in [-0.25, -0.2) is 9.59 Å². The fraction of sp³-hybridized carbons (Fsp3) is 0.312. The number of carbonyl (C=O) groups is 1. The first-order chi connectivity index (χ1) is 11.6. The Balaban J connectivity index is 1.83. The molecule has 8 nitrogen and oxygen atoms in total. The molecule has 24 heavy (non-hydrogen) atoms. The zero-order valence-electron chi connectivity index (χ0n) is 12.9. The molecule has 0 aliphatic carbocycles. The normalized spacial score (nSPS) is 23.0. The van der Waals surface area contributed by atoms with Gasteiger partial charge in [-0.05, 0) is 12.1 Å². The van der Waals surface area contributed by atoms with Crippen LogP contribution in [0.15, 0.2) is 47.4 Å². The van der Waals surface area contributed by atoms with Gasteiger partial charge in [-0.2, -0.15) is 4.98 Å². The summed E-state index contributed by atoms with van der Waals surface area (Å²) in [5.41, 5.74) is -0.287. The number of methoxy groups -OCH3 is 1. The van der Waals surface area contributed by atoms with Crippen molar-refractivity contribution >= 4 is 5.97 Å². The number of esters is 1. The Bertz CT molecular complexity index is 776. The zero-order chi connectivity index (χ0) is 17.1. The van der Waals surface area contributed by atoms with Gasteiger partial charge >= 0.3 is 11.7 Å². The van der Waals surface area contributed by atoms with Gasteiger partial charge in [0.05, 0.1) is 19.3 Å². The summed E-state index contributed by atoms with van der Waals surface area (Å²) in [5, 5.41) is 10.0. The second-order valence-corrected chi connectivity index (χ2v) is 5.19. The molecule has 0 unspecified atom stereocenters. The number of aliphatic hydroxyl groups excluding tert-OH is 1. The van der Waals surface area contributed by atoms with Gasteiger partial charge in [-0.1, -0.05) is 18.2 Å². The van der Waals surface area contributed by atoms with Crippen LogP contribution in [0.2, 0.25) is 0 Å². The minimum atomic E-state index is -1.04. The van der Waals surface area contributed by atoms with Gasteiger partial charge in [0.1, 0.15) is 6.10 Å². The highest BCUT2D eigenvalue weighted by molar-refractivity contribution is 5.89. The molecule has 0 spiro atoms. The average molecular weight is 332 g/mol. The highest BCUT2D eigenvalue weighted by Crippen LogP contribution is 2.27. The van der Waals surface area contributed by atoms with Crippen LogP contribution in [-0.2, 0) is 9.47 Å². The van der Waals surface area contributed by atoms with E-state index >= 15 is 0 Å². The van der Waals surface area contributed by atoms with Crippen LogP contribution in [0.3, 0.4) is 0 Å². The second-order valence-electron chi connectivity index (χ2n) is 5.19. The number of aliphatic hydroxyl groups is 1. The summed E-state index contributed by atoms with van der Waals surface area (Å²) in [5.74, 6) is -0.447. The minimum Gasteiger partial charge on any atom is -0.481 e. The molecule has 0 radical (unpaired) electrons. The molecule has 0 amide bonds. The summed E-state index contributed by atoms with van der Waals surface area (Å²) in [6, 6.07) is 9.85. The lowest BCUT2D eigenvalue weighted by Gasteiger charge is -2.22. The molecule has 1 aliphatic heterocycles. The third-order valence-electron chi connectivity index (χ3n) is 3.64. The number of aromatic nitrogens is 2. The lowest BCUT2D eigenvalue weighted by molar-refractivity contribution is -0.0437. The number of ether oxygens (including phenoxy) is 3. The van der Waals surface area contributed by atoms with Gasteiger partial charge in [0, 0.05) is 12.3 Å². The summed E-state index contributed by atoms with van der Waals surface area (Å²) in [6.07, 6.45) is -1.61. The van der Waals surface area contributed by atoms with Crippen LogP contribution in [0.5, 0.6) is 5.88 Å². The quantitative estimate of drug-likeness (QED) is 0.807. The highest BCUT2D eigenvalue weighted by Gasteiger charge is 2.41. The zero-order valence-corrected chi connectivity index (χ0v) is 12.9. The summed E-state index contributed by atoms with van der Waals surface area (Å²) in [7, 11) is 1.40. The van der Waals surface area contributed by atoms with Crippen molar-refractivity contribution in [2.75, 3.05) is 13.7 Å².